The average Bonchev–Trinajstić information content (AvgIpc) is 2.48. The van der Waals surface area contributed by atoms with Gasteiger partial charge in [-0.15, -0.1) is 0 Å². The number of aryl methyl sites for hydroxylation is 1. The maximum Gasteiger partial charge on any atom is 0.166 e. The van der Waals surface area contributed by atoms with Gasteiger partial charge in [0.05, 0.1) is 0 Å². The molecule has 1 heterocycles. The zero-order valence-electron chi connectivity index (χ0n) is 11.3. The van der Waals surface area contributed by atoms with Crippen molar-refractivity contribution in [3.8, 4) is 5.75 Å². The van der Waals surface area contributed by atoms with Crippen LogP contribution in [0.3, 0.4) is 0 Å². The van der Waals surface area contributed by atoms with Crippen molar-refractivity contribution in [2.24, 2.45) is 0 Å². The number of fused-ring (bicyclic) bond motifs is 1. The van der Waals surface area contributed by atoms with E-state index in [1.165, 1.54) is 21.9 Å². The fraction of sp³-hybridized carbons (Fsp3) is 0.118. The van der Waals surface area contributed by atoms with E-state index in [4.69, 9.17) is 10.5 Å². The maximum atomic E-state index is 5.82. The molecule has 0 aliphatic rings. The van der Waals surface area contributed by atoms with Crippen LogP contribution in [0.15, 0.2) is 54.7 Å². The van der Waals surface area contributed by atoms with E-state index >= 15 is 0 Å². The summed E-state index contributed by atoms with van der Waals surface area (Å²) < 4.78 is 5.82. The standard InChI is InChI=1S/C17H16N2O/c1-12-8-9-13-5-2-3-6-14(13)15(12)11-20-16-7-4-10-19-17(16)18/h2-10H,11H2,1H3,(H2,18,19). The Kier molecular flexibility index (Phi) is 3.25. The number of hydrogen-bond donors (Lipinski definition) is 1. The van der Waals surface area contributed by atoms with Gasteiger partial charge in [-0.2, -0.15) is 0 Å². The fourth-order valence-electron chi connectivity index (χ4n) is 2.31. The van der Waals surface area contributed by atoms with E-state index < -0.39 is 0 Å². The average molecular weight is 264 g/mol. The van der Waals surface area contributed by atoms with Gasteiger partial charge in [0.1, 0.15) is 6.61 Å². The van der Waals surface area contributed by atoms with E-state index in [0.717, 1.165) is 0 Å². The summed E-state index contributed by atoms with van der Waals surface area (Å²) in [5.41, 5.74) is 8.20. The number of benzene rings is 2. The molecule has 0 fully saturated rings. The first kappa shape index (κ1) is 12.5. The quantitative estimate of drug-likeness (QED) is 0.784. The van der Waals surface area contributed by atoms with E-state index in [9.17, 15) is 0 Å². The lowest BCUT2D eigenvalue weighted by atomic mass is 10.0. The predicted molar refractivity (Wildman–Crippen MR) is 81.7 cm³/mol. The third kappa shape index (κ3) is 2.30. The van der Waals surface area contributed by atoms with E-state index in [1.54, 1.807) is 6.20 Å². The van der Waals surface area contributed by atoms with Crippen molar-refractivity contribution in [2.75, 3.05) is 5.73 Å². The van der Waals surface area contributed by atoms with E-state index in [-0.39, 0.29) is 0 Å². The van der Waals surface area contributed by atoms with Gasteiger partial charge in [0.25, 0.3) is 0 Å². The van der Waals surface area contributed by atoms with Crippen LogP contribution < -0.4 is 10.5 Å². The highest BCUT2D eigenvalue weighted by Crippen LogP contribution is 2.25. The van der Waals surface area contributed by atoms with Gasteiger partial charge in [0.2, 0.25) is 0 Å². The van der Waals surface area contributed by atoms with Crippen molar-refractivity contribution in [3.05, 3.63) is 65.9 Å². The van der Waals surface area contributed by atoms with Gasteiger partial charge in [0.15, 0.2) is 11.6 Å². The predicted octanol–water partition coefficient (Wildman–Crippen LogP) is 3.70. The number of hydrogen-bond acceptors (Lipinski definition) is 3. The summed E-state index contributed by atoms with van der Waals surface area (Å²) in [4.78, 5) is 4.03. The van der Waals surface area contributed by atoms with Crippen LogP contribution in [0.4, 0.5) is 5.82 Å². The monoisotopic (exact) mass is 264 g/mol. The van der Waals surface area contributed by atoms with Crippen LogP contribution in [0.2, 0.25) is 0 Å². The summed E-state index contributed by atoms with van der Waals surface area (Å²) in [7, 11) is 0. The Labute approximate surface area is 118 Å². The second kappa shape index (κ2) is 5.21. The SMILES string of the molecule is Cc1ccc2ccccc2c1COc1cccnc1N. The van der Waals surface area contributed by atoms with Gasteiger partial charge in [0, 0.05) is 11.8 Å². The minimum Gasteiger partial charge on any atom is -0.485 e. The molecule has 0 spiro atoms. The number of pyridine rings is 1. The zero-order valence-corrected chi connectivity index (χ0v) is 11.3. The van der Waals surface area contributed by atoms with Crippen molar-refractivity contribution in [1.29, 1.82) is 0 Å². The topological polar surface area (TPSA) is 48.1 Å². The number of nitrogens with two attached hydrogens (primary N) is 1. The molecule has 3 aromatic rings. The van der Waals surface area contributed by atoms with Crippen LogP contribution in [0.5, 0.6) is 5.75 Å². The molecular formula is C17H16N2O. The molecule has 1 aromatic heterocycles. The molecule has 0 aliphatic carbocycles. The molecule has 0 saturated heterocycles. The second-order valence-corrected chi connectivity index (χ2v) is 4.76. The van der Waals surface area contributed by atoms with Gasteiger partial charge < -0.3 is 10.5 Å². The smallest absolute Gasteiger partial charge is 0.166 e. The number of anilines is 1. The van der Waals surface area contributed by atoms with Crippen LogP contribution in [0, 0.1) is 6.92 Å². The highest BCUT2D eigenvalue weighted by molar-refractivity contribution is 5.86. The molecule has 0 atom stereocenters. The van der Waals surface area contributed by atoms with Crippen LogP contribution in [0.25, 0.3) is 10.8 Å². The lowest BCUT2D eigenvalue weighted by molar-refractivity contribution is 0.307. The number of rotatable bonds is 3. The Morgan fingerprint density at radius 1 is 1.05 bits per heavy atom. The van der Waals surface area contributed by atoms with Crippen LogP contribution in [0.1, 0.15) is 11.1 Å². The van der Waals surface area contributed by atoms with Gasteiger partial charge in [-0.1, -0.05) is 36.4 Å². The number of nitrogen functional groups attached to an aromatic ring is 1. The molecule has 2 aromatic carbocycles. The van der Waals surface area contributed by atoms with Crippen LogP contribution >= 0.6 is 0 Å². The lowest BCUT2D eigenvalue weighted by Crippen LogP contribution is -2.02. The molecule has 3 nitrogen and oxygen atoms in total. The third-order valence-electron chi connectivity index (χ3n) is 3.45. The van der Waals surface area contributed by atoms with Gasteiger partial charge >= 0.3 is 0 Å². The van der Waals surface area contributed by atoms with Crippen LogP contribution in [-0.2, 0) is 6.61 Å². The Morgan fingerprint density at radius 2 is 1.90 bits per heavy atom. The molecule has 0 aliphatic heterocycles. The molecule has 100 valence electrons. The van der Waals surface area contributed by atoms with Crippen molar-refractivity contribution in [1.82, 2.24) is 4.98 Å². The first-order valence-corrected chi connectivity index (χ1v) is 6.56. The van der Waals surface area contributed by atoms with Gasteiger partial charge in [-0.05, 0) is 35.4 Å². The number of nitrogens with zero attached hydrogens (tertiary/aromatic N) is 1. The Morgan fingerprint density at radius 3 is 2.75 bits per heavy atom. The minimum absolute atomic E-state index is 0.422. The summed E-state index contributed by atoms with van der Waals surface area (Å²) in [5.74, 6) is 1.05. The highest BCUT2D eigenvalue weighted by atomic mass is 16.5. The van der Waals surface area contributed by atoms with Crippen molar-refractivity contribution in [2.45, 2.75) is 13.5 Å². The molecule has 0 saturated carbocycles. The molecule has 3 heteroatoms. The molecule has 2 N–H and O–H groups in total. The lowest BCUT2D eigenvalue weighted by Gasteiger charge is -2.12. The van der Waals surface area contributed by atoms with E-state index in [1.807, 2.05) is 24.3 Å². The van der Waals surface area contributed by atoms with E-state index in [0.29, 0.717) is 18.2 Å². The molecule has 3 rings (SSSR count). The summed E-state index contributed by atoms with van der Waals surface area (Å²) >= 11 is 0. The molecule has 20 heavy (non-hydrogen) atoms. The highest BCUT2D eigenvalue weighted by Gasteiger charge is 2.07. The van der Waals surface area contributed by atoms with E-state index in [2.05, 4.69) is 36.2 Å². The summed E-state index contributed by atoms with van der Waals surface area (Å²) in [6.45, 7) is 2.58. The molecule has 0 unspecified atom stereocenters. The third-order valence-corrected chi connectivity index (χ3v) is 3.45. The molecule has 0 bridgehead atoms. The van der Waals surface area contributed by atoms with Crippen molar-refractivity contribution >= 4 is 16.6 Å². The van der Waals surface area contributed by atoms with Gasteiger partial charge in [-0.25, -0.2) is 4.98 Å². The second-order valence-electron chi connectivity index (χ2n) is 4.76. The van der Waals surface area contributed by atoms with Crippen LogP contribution in [-0.4, -0.2) is 4.98 Å². The summed E-state index contributed by atoms with van der Waals surface area (Å²) in [6.07, 6.45) is 1.66. The Hall–Kier alpha value is -2.55. The molecule has 0 radical (unpaired) electrons. The normalized spacial score (nSPS) is 10.7. The largest absolute Gasteiger partial charge is 0.485 e. The molecular weight excluding hydrogens is 248 g/mol. The molecule has 0 amide bonds. The Bertz CT molecular complexity index is 753. The van der Waals surface area contributed by atoms with Gasteiger partial charge in [-0.3, -0.25) is 0 Å². The number of ether oxygens (including phenoxy) is 1. The maximum absolute atomic E-state index is 5.82. The minimum atomic E-state index is 0.422. The Balaban J connectivity index is 1.95. The zero-order chi connectivity index (χ0) is 13.9. The first-order valence-electron chi connectivity index (χ1n) is 6.56. The number of aromatic nitrogens is 1. The summed E-state index contributed by atoms with van der Waals surface area (Å²) in [6, 6.07) is 16.2. The van der Waals surface area contributed by atoms with Crippen molar-refractivity contribution in [3.63, 3.8) is 0 Å². The van der Waals surface area contributed by atoms with Crippen molar-refractivity contribution < 1.29 is 4.74 Å². The first-order chi connectivity index (χ1) is 9.75. The fourth-order valence-corrected chi connectivity index (χ4v) is 2.31. The summed E-state index contributed by atoms with van der Waals surface area (Å²) in [5, 5.41) is 2.44.